The molecule has 0 aromatic heterocycles. The van der Waals surface area contributed by atoms with Gasteiger partial charge in [0.25, 0.3) is 0 Å². The van der Waals surface area contributed by atoms with Gasteiger partial charge in [-0.3, -0.25) is 9.59 Å². The summed E-state index contributed by atoms with van der Waals surface area (Å²) in [6, 6.07) is 7.70. The van der Waals surface area contributed by atoms with Crippen LogP contribution < -0.4 is 10.6 Å². The molecular weight excluding hydrogens is 284 g/mol. The fourth-order valence-electron chi connectivity index (χ4n) is 2.22. The Bertz CT molecular complexity index is 521. The minimum Gasteiger partial charge on any atom is -0.388 e. The van der Waals surface area contributed by atoms with Crippen molar-refractivity contribution < 1.29 is 19.4 Å². The van der Waals surface area contributed by atoms with Crippen LogP contribution in [0.15, 0.2) is 24.3 Å². The van der Waals surface area contributed by atoms with Gasteiger partial charge in [0.1, 0.15) is 0 Å². The number of hydrogen-bond donors (Lipinski definition) is 3. The van der Waals surface area contributed by atoms with Gasteiger partial charge in [-0.25, -0.2) is 0 Å². The largest absolute Gasteiger partial charge is 0.388 e. The molecule has 22 heavy (non-hydrogen) atoms. The number of hydrogen-bond acceptors (Lipinski definition) is 4. The Kier molecular flexibility index (Phi) is 5.51. The fourth-order valence-corrected chi connectivity index (χ4v) is 2.22. The Labute approximate surface area is 129 Å². The zero-order valence-corrected chi connectivity index (χ0v) is 12.7. The van der Waals surface area contributed by atoms with Crippen LogP contribution in [0.4, 0.5) is 0 Å². The van der Waals surface area contributed by atoms with E-state index in [1.54, 1.807) is 0 Å². The smallest absolute Gasteiger partial charge is 0.309 e. The number of aryl methyl sites for hydroxylation is 1. The molecule has 1 aliphatic rings. The summed E-state index contributed by atoms with van der Waals surface area (Å²) in [4.78, 5) is 23.5. The van der Waals surface area contributed by atoms with Gasteiger partial charge in [-0.1, -0.05) is 29.8 Å². The van der Waals surface area contributed by atoms with Crippen molar-refractivity contribution in [1.29, 1.82) is 0 Å². The molecule has 1 aromatic rings. The molecule has 6 nitrogen and oxygen atoms in total. The van der Waals surface area contributed by atoms with Gasteiger partial charge in [0, 0.05) is 39.1 Å². The van der Waals surface area contributed by atoms with E-state index < -0.39 is 17.4 Å². The standard InChI is InChI=1S/C16H22N2O4/c1-12-2-4-13(5-3-12)10-17-14(19)15(20)18-11-16(21)6-8-22-9-7-16/h2-5,21H,6-11H2,1H3,(H,17,19)(H,18,20). The maximum atomic E-state index is 11.7. The topological polar surface area (TPSA) is 87.7 Å². The molecular formula is C16H22N2O4. The molecule has 0 radical (unpaired) electrons. The van der Waals surface area contributed by atoms with Crippen LogP contribution in [0.3, 0.4) is 0 Å². The maximum absolute atomic E-state index is 11.7. The third kappa shape index (κ3) is 4.82. The van der Waals surface area contributed by atoms with Crippen molar-refractivity contribution >= 4 is 11.8 Å². The summed E-state index contributed by atoms with van der Waals surface area (Å²) in [5.74, 6) is -1.43. The first-order valence-corrected chi connectivity index (χ1v) is 7.40. The Morgan fingerprint density at radius 3 is 2.36 bits per heavy atom. The van der Waals surface area contributed by atoms with E-state index in [0.29, 0.717) is 32.6 Å². The highest BCUT2D eigenvalue weighted by Gasteiger charge is 2.30. The van der Waals surface area contributed by atoms with Crippen molar-refractivity contribution in [2.45, 2.75) is 31.9 Å². The summed E-state index contributed by atoms with van der Waals surface area (Å²) in [5.41, 5.74) is 1.08. The fraction of sp³-hybridized carbons (Fsp3) is 0.500. The van der Waals surface area contributed by atoms with E-state index in [2.05, 4.69) is 10.6 Å². The predicted molar refractivity (Wildman–Crippen MR) is 81.0 cm³/mol. The van der Waals surface area contributed by atoms with Gasteiger partial charge < -0.3 is 20.5 Å². The molecule has 1 heterocycles. The Hall–Kier alpha value is -1.92. The quantitative estimate of drug-likeness (QED) is 0.697. The lowest BCUT2D eigenvalue weighted by Crippen LogP contribution is -2.49. The third-order valence-electron chi connectivity index (χ3n) is 3.78. The predicted octanol–water partition coefficient (Wildman–Crippen LogP) is 0.269. The molecule has 0 spiro atoms. The average molecular weight is 306 g/mol. The Balaban J connectivity index is 1.74. The zero-order chi connectivity index (χ0) is 16.0. The van der Waals surface area contributed by atoms with Crippen LogP contribution in [0.5, 0.6) is 0 Å². The van der Waals surface area contributed by atoms with Gasteiger partial charge in [0.2, 0.25) is 0 Å². The highest BCUT2D eigenvalue weighted by atomic mass is 16.5. The first kappa shape index (κ1) is 16.5. The van der Waals surface area contributed by atoms with Crippen LogP contribution in [0.1, 0.15) is 24.0 Å². The molecule has 1 saturated heterocycles. The number of rotatable bonds is 4. The van der Waals surface area contributed by atoms with E-state index in [4.69, 9.17) is 4.74 Å². The minimum atomic E-state index is -0.981. The highest BCUT2D eigenvalue weighted by Crippen LogP contribution is 2.19. The van der Waals surface area contributed by atoms with Crippen LogP contribution in [0, 0.1) is 6.92 Å². The molecule has 1 aliphatic heterocycles. The van der Waals surface area contributed by atoms with Crippen molar-refractivity contribution in [3.05, 3.63) is 35.4 Å². The SMILES string of the molecule is Cc1ccc(CNC(=O)C(=O)NCC2(O)CCOCC2)cc1. The molecule has 0 atom stereocenters. The van der Waals surface area contributed by atoms with Crippen LogP contribution in [-0.4, -0.2) is 42.3 Å². The molecule has 1 fully saturated rings. The van der Waals surface area contributed by atoms with E-state index in [1.165, 1.54) is 0 Å². The Morgan fingerprint density at radius 1 is 1.14 bits per heavy atom. The number of nitrogens with one attached hydrogen (secondary N) is 2. The lowest BCUT2D eigenvalue weighted by molar-refractivity contribution is -0.140. The highest BCUT2D eigenvalue weighted by molar-refractivity contribution is 6.35. The summed E-state index contributed by atoms with van der Waals surface area (Å²) in [6.07, 6.45) is 0.913. The molecule has 0 aliphatic carbocycles. The van der Waals surface area contributed by atoms with E-state index in [1.807, 2.05) is 31.2 Å². The number of aliphatic hydroxyl groups is 1. The lowest BCUT2D eigenvalue weighted by atomic mass is 9.94. The van der Waals surface area contributed by atoms with E-state index in [9.17, 15) is 14.7 Å². The first-order valence-electron chi connectivity index (χ1n) is 7.40. The van der Waals surface area contributed by atoms with Crippen LogP contribution in [0.2, 0.25) is 0 Å². The monoisotopic (exact) mass is 306 g/mol. The number of carbonyl (C=O) groups excluding carboxylic acids is 2. The molecule has 6 heteroatoms. The van der Waals surface area contributed by atoms with Crippen molar-refractivity contribution in [2.24, 2.45) is 0 Å². The minimum absolute atomic E-state index is 0.0626. The van der Waals surface area contributed by atoms with Crippen molar-refractivity contribution in [3.63, 3.8) is 0 Å². The third-order valence-corrected chi connectivity index (χ3v) is 3.78. The van der Waals surface area contributed by atoms with Crippen LogP contribution >= 0.6 is 0 Å². The summed E-state index contributed by atoms with van der Waals surface area (Å²) in [5, 5.41) is 15.3. The van der Waals surface area contributed by atoms with Gasteiger partial charge in [-0.2, -0.15) is 0 Å². The number of ether oxygens (including phenoxy) is 1. The molecule has 1 aromatic carbocycles. The summed E-state index contributed by atoms with van der Waals surface area (Å²) >= 11 is 0. The molecule has 0 bridgehead atoms. The number of carbonyl (C=O) groups is 2. The summed E-state index contributed by atoms with van der Waals surface area (Å²) in [6.45, 7) is 3.27. The van der Waals surface area contributed by atoms with Crippen LogP contribution in [-0.2, 0) is 20.9 Å². The summed E-state index contributed by atoms with van der Waals surface area (Å²) in [7, 11) is 0. The van der Waals surface area contributed by atoms with Crippen molar-refractivity contribution in [1.82, 2.24) is 10.6 Å². The second-order valence-electron chi connectivity index (χ2n) is 5.69. The number of amides is 2. The van der Waals surface area contributed by atoms with E-state index in [0.717, 1.165) is 11.1 Å². The van der Waals surface area contributed by atoms with Crippen LogP contribution in [0.25, 0.3) is 0 Å². The van der Waals surface area contributed by atoms with E-state index >= 15 is 0 Å². The van der Waals surface area contributed by atoms with Crippen molar-refractivity contribution in [3.8, 4) is 0 Å². The van der Waals surface area contributed by atoms with Gasteiger partial charge in [0.15, 0.2) is 0 Å². The zero-order valence-electron chi connectivity index (χ0n) is 12.7. The summed E-state index contributed by atoms with van der Waals surface area (Å²) < 4.78 is 5.16. The van der Waals surface area contributed by atoms with Gasteiger partial charge in [-0.05, 0) is 12.5 Å². The first-order chi connectivity index (χ1) is 10.5. The second kappa shape index (κ2) is 7.38. The lowest BCUT2D eigenvalue weighted by Gasteiger charge is -2.31. The van der Waals surface area contributed by atoms with Gasteiger partial charge in [0.05, 0.1) is 5.60 Å². The van der Waals surface area contributed by atoms with Crippen molar-refractivity contribution in [2.75, 3.05) is 19.8 Å². The maximum Gasteiger partial charge on any atom is 0.309 e. The number of benzene rings is 1. The average Bonchev–Trinajstić information content (AvgIpc) is 2.52. The molecule has 0 saturated carbocycles. The van der Waals surface area contributed by atoms with Gasteiger partial charge in [-0.15, -0.1) is 0 Å². The Morgan fingerprint density at radius 2 is 1.73 bits per heavy atom. The van der Waals surface area contributed by atoms with Gasteiger partial charge >= 0.3 is 11.8 Å². The molecule has 2 amide bonds. The molecule has 3 N–H and O–H groups in total. The molecule has 2 rings (SSSR count). The second-order valence-corrected chi connectivity index (χ2v) is 5.69. The molecule has 0 unspecified atom stereocenters. The van der Waals surface area contributed by atoms with E-state index in [-0.39, 0.29) is 6.54 Å². The normalized spacial score (nSPS) is 16.8. The molecule has 120 valence electrons.